The van der Waals surface area contributed by atoms with E-state index in [-0.39, 0.29) is 11.1 Å². The number of carbonyl (C=O) groups is 2. The highest BCUT2D eigenvalue weighted by molar-refractivity contribution is 5.95. The van der Waals surface area contributed by atoms with Crippen LogP contribution in [-0.2, 0) is 4.79 Å². The molecule has 0 aliphatic carbocycles. The molecule has 0 bridgehead atoms. The maximum atomic E-state index is 13.3. The van der Waals surface area contributed by atoms with Crippen LogP contribution in [0.15, 0.2) is 42.0 Å². The van der Waals surface area contributed by atoms with Crippen LogP contribution >= 0.6 is 0 Å². The van der Waals surface area contributed by atoms with E-state index in [1.165, 1.54) is 24.3 Å². The van der Waals surface area contributed by atoms with Gasteiger partial charge in [-0.1, -0.05) is 18.2 Å². The quantitative estimate of drug-likeness (QED) is 0.587. The van der Waals surface area contributed by atoms with E-state index in [4.69, 9.17) is 10.2 Å². The molecule has 2 aromatic rings. The largest absolute Gasteiger partial charge is 0.504 e. The Hall–Kier alpha value is -3.43. The molecule has 2 aromatic carbocycles. The van der Waals surface area contributed by atoms with Crippen LogP contribution in [-0.4, -0.2) is 34.7 Å². The van der Waals surface area contributed by atoms with Crippen molar-refractivity contribution in [3.63, 3.8) is 0 Å². The van der Waals surface area contributed by atoms with Gasteiger partial charge in [-0.3, -0.25) is 4.79 Å². The first kappa shape index (κ1) is 20.9. The molecule has 28 heavy (non-hydrogen) atoms. The number of halogens is 5. The van der Waals surface area contributed by atoms with Crippen molar-refractivity contribution in [1.29, 1.82) is 0 Å². The average Bonchev–Trinajstić information content (AvgIpc) is 2.63. The van der Waals surface area contributed by atoms with Gasteiger partial charge in [-0.15, -0.1) is 0 Å². The minimum atomic E-state index is -4.93. The van der Waals surface area contributed by atoms with Crippen LogP contribution in [0.2, 0.25) is 0 Å². The summed E-state index contributed by atoms with van der Waals surface area (Å²) in [6.45, 7) is 0. The lowest BCUT2D eigenvalue weighted by Gasteiger charge is -2.27. The predicted molar refractivity (Wildman–Crippen MR) is 85.9 cm³/mol. The van der Waals surface area contributed by atoms with E-state index < -0.39 is 47.0 Å². The molecule has 0 saturated heterocycles. The zero-order chi connectivity index (χ0) is 21.1. The molecule has 1 heterocycles. The van der Waals surface area contributed by atoms with Gasteiger partial charge in [0.15, 0.2) is 29.4 Å². The third-order valence-corrected chi connectivity index (χ3v) is 3.52. The van der Waals surface area contributed by atoms with Gasteiger partial charge >= 0.3 is 12.1 Å². The Morgan fingerprint density at radius 1 is 1.07 bits per heavy atom. The van der Waals surface area contributed by atoms with E-state index in [1.807, 2.05) is 0 Å². The summed E-state index contributed by atoms with van der Waals surface area (Å²) < 4.78 is 68.0. The lowest BCUT2D eigenvalue weighted by molar-refractivity contribution is -0.187. The Labute approximate surface area is 154 Å². The van der Waals surface area contributed by atoms with Gasteiger partial charge in [0.2, 0.25) is 6.10 Å². The number of carbonyl (C=O) groups excluding carboxylic acids is 1. The number of alkyl halides is 3. The predicted octanol–water partition coefficient (Wildman–Crippen LogP) is 3.96. The minimum absolute atomic E-state index is 0.0278. The summed E-state index contributed by atoms with van der Waals surface area (Å²) in [5, 5.41) is 17.5. The average molecular weight is 402 g/mol. The van der Waals surface area contributed by atoms with Crippen LogP contribution in [0.4, 0.5) is 22.0 Å². The van der Waals surface area contributed by atoms with Gasteiger partial charge in [-0.05, 0) is 24.3 Å². The van der Waals surface area contributed by atoms with E-state index in [1.54, 1.807) is 0 Å². The van der Waals surface area contributed by atoms with Gasteiger partial charge in [-0.2, -0.15) is 13.2 Å². The second-order valence-corrected chi connectivity index (χ2v) is 5.40. The number of hydrogen-bond donors (Lipinski definition) is 2. The van der Waals surface area contributed by atoms with Crippen LogP contribution < -0.4 is 4.74 Å². The molecule has 148 valence electrons. The van der Waals surface area contributed by atoms with Crippen molar-refractivity contribution in [3.8, 4) is 11.5 Å². The molecular weight excluding hydrogens is 391 g/mol. The maximum absolute atomic E-state index is 13.3. The van der Waals surface area contributed by atoms with Crippen molar-refractivity contribution >= 4 is 18.3 Å². The Balaban J connectivity index is 0.000000237. The number of aldehydes is 1. The number of carboxylic acids is 1. The molecule has 0 amide bonds. The molecule has 10 heteroatoms. The summed E-state index contributed by atoms with van der Waals surface area (Å²) in [7, 11) is 0. The number of benzene rings is 2. The van der Waals surface area contributed by atoms with Crippen LogP contribution in [0.1, 0.15) is 15.9 Å². The lowest BCUT2D eigenvalue weighted by atomic mass is 10.0. The summed E-state index contributed by atoms with van der Waals surface area (Å²) >= 11 is 0. The van der Waals surface area contributed by atoms with Crippen molar-refractivity contribution in [2.24, 2.45) is 0 Å². The molecule has 0 fully saturated rings. The second kappa shape index (κ2) is 8.07. The monoisotopic (exact) mass is 402 g/mol. The number of phenols is 1. The summed E-state index contributed by atoms with van der Waals surface area (Å²) in [6.07, 6.45) is -6.43. The third-order valence-electron chi connectivity index (χ3n) is 3.52. The van der Waals surface area contributed by atoms with Crippen molar-refractivity contribution in [1.82, 2.24) is 0 Å². The summed E-state index contributed by atoms with van der Waals surface area (Å²) in [5.74, 6) is -4.68. The van der Waals surface area contributed by atoms with Crippen molar-refractivity contribution in [2.45, 2.75) is 12.3 Å². The third kappa shape index (κ3) is 4.45. The fourth-order valence-corrected chi connectivity index (χ4v) is 2.23. The Kier molecular flexibility index (Phi) is 6.02. The highest BCUT2D eigenvalue weighted by Gasteiger charge is 2.48. The highest BCUT2D eigenvalue weighted by Crippen LogP contribution is 2.38. The number of fused-ring (bicyclic) bond motifs is 1. The second-order valence-electron chi connectivity index (χ2n) is 5.40. The summed E-state index contributed by atoms with van der Waals surface area (Å²) in [5.41, 5.74) is -1.03. The van der Waals surface area contributed by atoms with E-state index >= 15 is 0 Å². The molecule has 0 spiro atoms. The zero-order valence-corrected chi connectivity index (χ0v) is 13.7. The van der Waals surface area contributed by atoms with Crippen LogP contribution in [0.25, 0.3) is 6.08 Å². The van der Waals surface area contributed by atoms with Gasteiger partial charge in [0, 0.05) is 5.56 Å². The molecule has 0 aromatic heterocycles. The zero-order valence-electron chi connectivity index (χ0n) is 13.7. The molecule has 1 aliphatic rings. The number of ether oxygens (including phenoxy) is 1. The molecule has 3 rings (SSSR count). The first-order valence-corrected chi connectivity index (χ1v) is 7.45. The Morgan fingerprint density at radius 3 is 2.21 bits per heavy atom. The molecule has 2 N–H and O–H groups in total. The van der Waals surface area contributed by atoms with E-state index in [0.717, 1.165) is 18.2 Å². The number of rotatable bonds is 2. The molecule has 0 saturated carbocycles. The lowest BCUT2D eigenvalue weighted by Crippen LogP contribution is -2.40. The fraction of sp³-hybridized carbons (Fsp3) is 0.111. The number of phenolic OH excluding ortho intramolecular Hbond substituents is 1. The van der Waals surface area contributed by atoms with Crippen LogP contribution in [0.3, 0.4) is 0 Å². The van der Waals surface area contributed by atoms with Crippen molar-refractivity contribution < 1.29 is 46.5 Å². The van der Waals surface area contributed by atoms with Gasteiger partial charge in [0.05, 0.1) is 11.1 Å². The number of hydrogen-bond acceptors (Lipinski definition) is 4. The molecule has 1 atom stereocenters. The van der Waals surface area contributed by atoms with Gasteiger partial charge in [0.25, 0.3) is 0 Å². The normalized spacial score (nSPS) is 15.3. The number of aromatic hydroxyl groups is 1. The summed E-state index contributed by atoms with van der Waals surface area (Å²) in [4.78, 5) is 20.8. The number of carboxylic acid groups (broad SMARTS) is 1. The highest BCUT2D eigenvalue weighted by atomic mass is 19.4. The first-order chi connectivity index (χ1) is 13.1. The SMILES string of the molecule is O=C(O)C1=Cc2cccc(F)c2OC1C(F)(F)F.O=Cc1cccc(F)c1O. The Morgan fingerprint density at radius 2 is 1.68 bits per heavy atom. The van der Waals surface area contributed by atoms with Crippen molar-refractivity contribution in [2.75, 3.05) is 0 Å². The molecule has 1 unspecified atom stereocenters. The van der Waals surface area contributed by atoms with E-state index in [0.29, 0.717) is 6.29 Å². The van der Waals surface area contributed by atoms with Gasteiger partial charge in [0.1, 0.15) is 0 Å². The summed E-state index contributed by atoms with van der Waals surface area (Å²) in [6, 6.07) is 7.24. The standard InChI is InChI=1S/C11H6F4O3.C7H5FO2/c12-7-3-1-2-5-4-6(10(16)17)9(11(13,14)15)18-8(5)7;8-6-3-1-2-5(4-9)7(6)10/h1-4,9H,(H,16,17);1-4,10H. The maximum Gasteiger partial charge on any atom is 0.430 e. The van der Waals surface area contributed by atoms with E-state index in [9.17, 15) is 31.5 Å². The van der Waals surface area contributed by atoms with Crippen molar-refractivity contribution in [3.05, 3.63) is 64.7 Å². The molecule has 1 aliphatic heterocycles. The minimum Gasteiger partial charge on any atom is -0.504 e. The number of aliphatic carboxylic acids is 1. The van der Waals surface area contributed by atoms with Crippen LogP contribution in [0.5, 0.6) is 11.5 Å². The first-order valence-electron chi connectivity index (χ1n) is 7.45. The fourth-order valence-electron chi connectivity index (χ4n) is 2.23. The smallest absolute Gasteiger partial charge is 0.430 e. The molecule has 0 radical (unpaired) electrons. The molecule has 5 nitrogen and oxygen atoms in total. The van der Waals surface area contributed by atoms with Gasteiger partial charge < -0.3 is 14.9 Å². The van der Waals surface area contributed by atoms with E-state index in [2.05, 4.69) is 4.74 Å². The number of para-hydroxylation sites is 2. The van der Waals surface area contributed by atoms with Crippen LogP contribution in [0, 0.1) is 11.6 Å². The topological polar surface area (TPSA) is 83.8 Å². The van der Waals surface area contributed by atoms with Gasteiger partial charge in [-0.25, -0.2) is 13.6 Å². The Bertz CT molecular complexity index is 936. The molecular formula is C18H11F5O5.